The maximum Gasteiger partial charge on any atom is 0.290 e. The highest BCUT2D eigenvalue weighted by Crippen LogP contribution is 2.61. The molecular formula is C44H58O6. The Morgan fingerprint density at radius 2 is 1.30 bits per heavy atom. The first kappa shape index (κ1) is 38.9. The number of rotatable bonds is 14. The first-order valence-electron chi connectivity index (χ1n) is 18.2. The van der Waals surface area contributed by atoms with Gasteiger partial charge in [0.1, 0.15) is 16.8 Å². The number of allylic oxidation sites excluding steroid dienone is 11. The van der Waals surface area contributed by atoms with E-state index in [4.69, 9.17) is 9.47 Å². The lowest BCUT2D eigenvalue weighted by molar-refractivity contribution is -0.188. The number of fused-ring (bicyclic) bond motifs is 5. The van der Waals surface area contributed by atoms with Gasteiger partial charge in [-0.3, -0.25) is 9.59 Å². The number of phenols is 1. The summed E-state index contributed by atoms with van der Waals surface area (Å²) in [6, 6.07) is 0. The fourth-order valence-electron chi connectivity index (χ4n) is 7.25. The molecule has 1 aromatic carbocycles. The zero-order valence-electron chi connectivity index (χ0n) is 32.0. The van der Waals surface area contributed by atoms with Gasteiger partial charge in [-0.25, -0.2) is 0 Å². The molecule has 0 bridgehead atoms. The van der Waals surface area contributed by atoms with Crippen LogP contribution in [-0.2, 0) is 15.0 Å². The van der Waals surface area contributed by atoms with Crippen LogP contribution in [0.25, 0.3) is 6.08 Å². The molecule has 6 heteroatoms. The normalized spacial score (nSPS) is 24.5. The predicted molar refractivity (Wildman–Crippen MR) is 204 cm³/mol. The standard InChI is InChI=1S/C44H58O6/c1-28(2)15-11-17-30(5)19-13-20-32(7)22-26-43-36(45)27-33(8)41(47)44(43,48)50-39-35-23-25-42(10,49-40(35)38(46)34(9)37(39)43)24-14-21-31(6)18-12-16-29(3)4/h15-16,19,21-23,25,27,46,48H,11-14,17-18,20,24,26H2,1-10H3/b30-19+,31-21+,32-22?/t42-,43?,44?/m1/s1. The van der Waals surface area contributed by atoms with E-state index in [9.17, 15) is 19.8 Å². The van der Waals surface area contributed by atoms with Gasteiger partial charge in [-0.05, 0) is 145 Å². The minimum Gasteiger partial charge on any atom is -0.504 e. The van der Waals surface area contributed by atoms with E-state index < -0.39 is 28.4 Å². The molecule has 2 unspecified atom stereocenters. The minimum atomic E-state index is -2.46. The highest BCUT2D eigenvalue weighted by Gasteiger charge is 2.70. The molecule has 0 amide bonds. The molecule has 50 heavy (non-hydrogen) atoms. The van der Waals surface area contributed by atoms with Gasteiger partial charge in [-0.1, -0.05) is 58.2 Å². The second kappa shape index (κ2) is 15.6. The summed E-state index contributed by atoms with van der Waals surface area (Å²) in [5.74, 6) is -3.21. The maximum atomic E-state index is 14.1. The van der Waals surface area contributed by atoms with E-state index in [1.165, 1.54) is 35.3 Å². The number of phenolic OH excluding ortho intramolecular Hbond substituents is 1. The van der Waals surface area contributed by atoms with Crippen LogP contribution in [-0.4, -0.2) is 33.2 Å². The van der Waals surface area contributed by atoms with Crippen molar-refractivity contribution in [3.8, 4) is 17.2 Å². The summed E-state index contributed by atoms with van der Waals surface area (Å²) in [7, 11) is 0. The van der Waals surface area contributed by atoms with Gasteiger partial charge in [-0.2, -0.15) is 0 Å². The number of aliphatic hydroxyl groups is 1. The fourth-order valence-corrected chi connectivity index (χ4v) is 7.25. The highest BCUT2D eigenvalue weighted by atomic mass is 16.6. The number of benzene rings is 1. The van der Waals surface area contributed by atoms with Gasteiger partial charge in [0.15, 0.2) is 17.3 Å². The Kier molecular flexibility index (Phi) is 12.1. The summed E-state index contributed by atoms with van der Waals surface area (Å²) in [5, 5.41) is 23.9. The third kappa shape index (κ3) is 7.86. The molecule has 1 aromatic rings. The average Bonchev–Trinajstić information content (AvgIpc) is 3.32. The number of hydrogen-bond donors (Lipinski definition) is 2. The van der Waals surface area contributed by atoms with E-state index in [2.05, 4.69) is 65.8 Å². The molecular weight excluding hydrogens is 624 g/mol. The Morgan fingerprint density at radius 1 is 0.760 bits per heavy atom. The smallest absolute Gasteiger partial charge is 0.290 e. The molecule has 270 valence electrons. The van der Waals surface area contributed by atoms with Crippen LogP contribution in [0, 0.1) is 6.92 Å². The Morgan fingerprint density at radius 3 is 1.88 bits per heavy atom. The lowest BCUT2D eigenvalue weighted by Gasteiger charge is -2.40. The second-order valence-corrected chi connectivity index (χ2v) is 15.4. The summed E-state index contributed by atoms with van der Waals surface area (Å²) in [4.78, 5) is 27.9. The molecule has 0 saturated carbocycles. The van der Waals surface area contributed by atoms with Crippen LogP contribution in [0.4, 0.5) is 0 Å². The summed E-state index contributed by atoms with van der Waals surface area (Å²) < 4.78 is 12.8. The molecule has 6 nitrogen and oxygen atoms in total. The quantitative estimate of drug-likeness (QED) is 0.190. The monoisotopic (exact) mass is 682 g/mol. The van der Waals surface area contributed by atoms with Crippen molar-refractivity contribution in [3.05, 3.63) is 92.7 Å². The Balaban J connectivity index is 1.65. The molecule has 1 aliphatic carbocycles. The maximum absolute atomic E-state index is 14.1. The number of hydrogen-bond acceptors (Lipinski definition) is 6. The van der Waals surface area contributed by atoms with Crippen LogP contribution < -0.4 is 9.47 Å². The minimum absolute atomic E-state index is 0.0423. The van der Waals surface area contributed by atoms with Gasteiger partial charge in [0.05, 0.1) is 5.56 Å². The molecule has 0 saturated heterocycles. The van der Waals surface area contributed by atoms with Crippen LogP contribution in [0.2, 0.25) is 0 Å². The van der Waals surface area contributed by atoms with Crippen molar-refractivity contribution in [2.75, 3.05) is 0 Å². The molecule has 3 atom stereocenters. The molecule has 0 fully saturated rings. The molecule has 4 rings (SSSR count). The molecule has 2 N–H and O–H groups in total. The van der Waals surface area contributed by atoms with Crippen molar-refractivity contribution < 1.29 is 29.3 Å². The van der Waals surface area contributed by atoms with Gasteiger partial charge in [0, 0.05) is 16.7 Å². The van der Waals surface area contributed by atoms with E-state index in [1.807, 2.05) is 32.1 Å². The molecule has 3 aliphatic rings. The van der Waals surface area contributed by atoms with E-state index >= 15 is 0 Å². The zero-order valence-corrected chi connectivity index (χ0v) is 32.0. The fraction of sp³-hybridized carbons (Fsp3) is 0.500. The van der Waals surface area contributed by atoms with E-state index in [0.29, 0.717) is 23.1 Å². The predicted octanol–water partition coefficient (Wildman–Crippen LogP) is 10.6. The number of ketones is 2. The first-order chi connectivity index (χ1) is 23.5. The highest BCUT2D eigenvalue weighted by molar-refractivity contribution is 6.19. The molecule has 0 spiro atoms. The lowest BCUT2D eigenvalue weighted by Crippen LogP contribution is -2.63. The van der Waals surface area contributed by atoms with Crippen LogP contribution in [0.3, 0.4) is 0 Å². The van der Waals surface area contributed by atoms with E-state index in [1.54, 1.807) is 6.92 Å². The van der Waals surface area contributed by atoms with Crippen molar-refractivity contribution in [2.45, 2.75) is 144 Å². The number of ether oxygens (including phenoxy) is 2. The largest absolute Gasteiger partial charge is 0.504 e. The zero-order chi connectivity index (χ0) is 37.0. The van der Waals surface area contributed by atoms with Crippen LogP contribution >= 0.6 is 0 Å². The summed E-state index contributed by atoms with van der Waals surface area (Å²) in [6.45, 7) is 19.9. The average molecular weight is 683 g/mol. The van der Waals surface area contributed by atoms with Crippen molar-refractivity contribution in [1.29, 1.82) is 0 Å². The number of carbonyl (C=O) groups excluding carboxylic acids is 2. The van der Waals surface area contributed by atoms with Gasteiger partial charge in [0.2, 0.25) is 5.78 Å². The Bertz CT molecular complexity index is 1740. The van der Waals surface area contributed by atoms with Crippen molar-refractivity contribution in [3.63, 3.8) is 0 Å². The van der Waals surface area contributed by atoms with Gasteiger partial charge < -0.3 is 19.7 Å². The summed E-state index contributed by atoms with van der Waals surface area (Å²) >= 11 is 0. The van der Waals surface area contributed by atoms with E-state index in [-0.39, 0.29) is 29.2 Å². The van der Waals surface area contributed by atoms with Crippen molar-refractivity contribution >= 4 is 17.6 Å². The molecule has 0 aromatic heterocycles. The molecule has 0 radical (unpaired) electrons. The van der Waals surface area contributed by atoms with Gasteiger partial charge >= 0.3 is 0 Å². The van der Waals surface area contributed by atoms with Gasteiger partial charge in [0.25, 0.3) is 5.79 Å². The van der Waals surface area contributed by atoms with Gasteiger partial charge in [-0.15, -0.1) is 0 Å². The van der Waals surface area contributed by atoms with Crippen LogP contribution in [0.1, 0.15) is 137 Å². The molecule has 2 heterocycles. The Hall–Kier alpha value is -3.90. The molecule has 2 aliphatic heterocycles. The summed E-state index contributed by atoms with van der Waals surface area (Å²) in [5.41, 5.74) is 5.12. The summed E-state index contributed by atoms with van der Waals surface area (Å²) in [6.07, 6.45) is 23.2. The third-order valence-corrected chi connectivity index (χ3v) is 10.4. The van der Waals surface area contributed by atoms with E-state index in [0.717, 1.165) is 50.5 Å². The lowest BCUT2D eigenvalue weighted by atomic mass is 9.62. The number of aromatic hydroxyl groups is 1. The topological polar surface area (TPSA) is 93.1 Å². The van der Waals surface area contributed by atoms with Crippen molar-refractivity contribution in [2.24, 2.45) is 0 Å². The van der Waals surface area contributed by atoms with Crippen molar-refractivity contribution in [1.82, 2.24) is 0 Å². The number of Topliss-reactive ketones (excluding diaryl/α,β-unsaturated/α-hetero) is 1. The Labute approximate surface area is 300 Å². The van der Waals surface area contributed by atoms with Crippen LogP contribution in [0.15, 0.2) is 76.0 Å². The second-order valence-electron chi connectivity index (χ2n) is 15.4. The first-order valence-corrected chi connectivity index (χ1v) is 18.2. The third-order valence-electron chi connectivity index (χ3n) is 10.4. The number of carbonyl (C=O) groups is 2. The SMILES string of the molecule is CC(C)=CCC/C(C)=C/CCC(C)=CCC12C(=O)C=C(C)C(=O)C1(O)Oc1c3c(c(O)c(C)c12)O[C@](C)(CC/C=C(\C)CCC=C(C)C)C=C3. The van der Waals surface area contributed by atoms with Crippen LogP contribution in [0.5, 0.6) is 17.2 Å².